The van der Waals surface area contributed by atoms with Gasteiger partial charge in [0.1, 0.15) is 5.75 Å². The molecule has 1 unspecified atom stereocenters. The number of nitrogens with one attached hydrogen (secondary N) is 1. The van der Waals surface area contributed by atoms with Crippen LogP contribution in [0.5, 0.6) is 28.7 Å². The van der Waals surface area contributed by atoms with Crippen LogP contribution in [0.1, 0.15) is 6.92 Å². The van der Waals surface area contributed by atoms with Crippen molar-refractivity contribution in [3.05, 3.63) is 71.1 Å². The number of nitrogens with zero attached hydrogens (tertiary/aromatic N) is 2. The Morgan fingerprint density at radius 2 is 1.59 bits per heavy atom. The summed E-state index contributed by atoms with van der Waals surface area (Å²) in [4.78, 5) is 31.5. The molecule has 41 heavy (non-hydrogen) atoms. The number of pyridine rings is 2. The SMILES string of the molecule is COc1ccc(NC(=O)C(C)Oc2ccc3c(c2)c2ccnc4c5ccc(OC)c(OC)c5c(=O)n3c24)cc1OC. The molecule has 208 valence electrons. The van der Waals surface area contributed by atoms with E-state index in [-0.39, 0.29) is 11.5 Å². The molecule has 10 heteroatoms. The molecular formula is C31H27N3O7. The molecule has 1 atom stereocenters. The lowest BCUT2D eigenvalue weighted by atomic mass is 10.1. The number of amides is 1. The largest absolute Gasteiger partial charge is 0.493 e. The number of carbonyl (C=O) groups is 1. The van der Waals surface area contributed by atoms with Crippen molar-refractivity contribution >= 4 is 49.7 Å². The van der Waals surface area contributed by atoms with Crippen LogP contribution in [0.4, 0.5) is 5.69 Å². The van der Waals surface area contributed by atoms with E-state index in [0.717, 1.165) is 10.8 Å². The highest BCUT2D eigenvalue weighted by molar-refractivity contribution is 6.19. The molecule has 3 aromatic heterocycles. The standard InChI is InChI=1S/C31H27N3O7/c1-16(30(35)33-17-6-10-23(37-2)25(14-17)39-4)41-18-7-9-22-21(15-18)19-12-13-32-27-20-8-11-24(38-3)29(40-5)26(20)31(36)34(22)28(19)27/h6-16H,1-5H3,(H,33,35). The van der Waals surface area contributed by atoms with Gasteiger partial charge in [-0.15, -0.1) is 0 Å². The first-order chi connectivity index (χ1) is 19.9. The molecular weight excluding hydrogens is 526 g/mol. The summed E-state index contributed by atoms with van der Waals surface area (Å²) < 4.78 is 29.3. The van der Waals surface area contributed by atoms with Crippen molar-refractivity contribution in [1.82, 2.24) is 9.38 Å². The summed E-state index contributed by atoms with van der Waals surface area (Å²) in [5.74, 6) is 2.02. The minimum absolute atomic E-state index is 0.243. The van der Waals surface area contributed by atoms with E-state index >= 15 is 0 Å². The normalized spacial score (nSPS) is 12.1. The average Bonchev–Trinajstić information content (AvgIpc) is 3.33. The average molecular weight is 554 g/mol. The number of fused-ring (bicyclic) bond motifs is 5. The molecule has 0 aliphatic rings. The molecule has 1 amide bonds. The van der Waals surface area contributed by atoms with Gasteiger partial charge in [-0.05, 0) is 55.5 Å². The molecule has 0 saturated heterocycles. The lowest BCUT2D eigenvalue weighted by Gasteiger charge is -2.16. The second-order valence-electron chi connectivity index (χ2n) is 9.42. The summed E-state index contributed by atoms with van der Waals surface area (Å²) in [5.41, 5.74) is 2.35. The number of anilines is 1. The zero-order valence-electron chi connectivity index (χ0n) is 23.1. The van der Waals surface area contributed by atoms with E-state index in [0.29, 0.717) is 61.8 Å². The van der Waals surface area contributed by atoms with E-state index in [9.17, 15) is 9.59 Å². The van der Waals surface area contributed by atoms with Crippen molar-refractivity contribution < 1.29 is 28.5 Å². The van der Waals surface area contributed by atoms with Crippen molar-refractivity contribution in [2.24, 2.45) is 0 Å². The first kappa shape index (κ1) is 26.0. The van der Waals surface area contributed by atoms with Gasteiger partial charge in [0.2, 0.25) is 0 Å². The highest BCUT2D eigenvalue weighted by atomic mass is 16.5. The second kappa shape index (κ2) is 10.1. The summed E-state index contributed by atoms with van der Waals surface area (Å²) in [5, 5.41) is 5.53. The van der Waals surface area contributed by atoms with Gasteiger partial charge in [0.05, 0.1) is 50.4 Å². The highest BCUT2D eigenvalue weighted by Crippen LogP contribution is 2.39. The molecule has 0 radical (unpaired) electrons. The number of hydrogen-bond donors (Lipinski definition) is 1. The molecule has 0 fully saturated rings. The van der Waals surface area contributed by atoms with Crippen LogP contribution in [0.25, 0.3) is 38.1 Å². The fraction of sp³-hybridized carbons (Fsp3) is 0.194. The van der Waals surface area contributed by atoms with Crippen molar-refractivity contribution in [3.63, 3.8) is 0 Å². The minimum Gasteiger partial charge on any atom is -0.493 e. The smallest absolute Gasteiger partial charge is 0.267 e. The number of aromatic nitrogens is 2. The van der Waals surface area contributed by atoms with E-state index in [4.69, 9.17) is 23.7 Å². The first-order valence-electron chi connectivity index (χ1n) is 12.8. The molecule has 6 rings (SSSR count). The van der Waals surface area contributed by atoms with Crippen LogP contribution in [-0.2, 0) is 4.79 Å². The van der Waals surface area contributed by atoms with Gasteiger partial charge in [0.15, 0.2) is 29.1 Å². The quantitative estimate of drug-likeness (QED) is 0.261. The Bertz CT molecular complexity index is 2020. The number of carbonyl (C=O) groups excluding carboxylic acids is 1. The molecule has 3 heterocycles. The molecule has 0 saturated carbocycles. The van der Waals surface area contributed by atoms with E-state index in [1.807, 2.05) is 24.3 Å². The predicted octanol–water partition coefficient (Wildman–Crippen LogP) is 5.03. The zero-order valence-corrected chi connectivity index (χ0v) is 23.1. The number of rotatable bonds is 8. The fourth-order valence-electron chi connectivity index (χ4n) is 5.29. The number of benzene rings is 3. The molecule has 0 aliphatic heterocycles. The highest BCUT2D eigenvalue weighted by Gasteiger charge is 2.23. The Hall–Kier alpha value is -5.25. The van der Waals surface area contributed by atoms with Gasteiger partial charge in [-0.2, -0.15) is 0 Å². The van der Waals surface area contributed by atoms with E-state index in [2.05, 4.69) is 10.3 Å². The summed E-state index contributed by atoms with van der Waals surface area (Å²) in [6, 6.07) is 16.0. The second-order valence-corrected chi connectivity index (χ2v) is 9.42. The van der Waals surface area contributed by atoms with Crippen LogP contribution in [0.15, 0.2) is 65.6 Å². The van der Waals surface area contributed by atoms with Gasteiger partial charge in [-0.25, -0.2) is 0 Å². The molecule has 0 spiro atoms. The maximum absolute atomic E-state index is 13.9. The lowest BCUT2D eigenvalue weighted by molar-refractivity contribution is -0.122. The van der Waals surface area contributed by atoms with E-state index in [1.165, 1.54) is 21.3 Å². The molecule has 10 nitrogen and oxygen atoms in total. The van der Waals surface area contributed by atoms with Crippen LogP contribution < -0.4 is 34.6 Å². The van der Waals surface area contributed by atoms with Crippen LogP contribution in [0.3, 0.4) is 0 Å². The van der Waals surface area contributed by atoms with Crippen molar-refractivity contribution in [3.8, 4) is 28.7 Å². The fourth-order valence-corrected chi connectivity index (χ4v) is 5.29. The van der Waals surface area contributed by atoms with Gasteiger partial charge >= 0.3 is 0 Å². The molecule has 1 N–H and O–H groups in total. The van der Waals surface area contributed by atoms with Crippen LogP contribution >= 0.6 is 0 Å². The van der Waals surface area contributed by atoms with Crippen LogP contribution in [-0.4, -0.2) is 49.8 Å². The third kappa shape index (κ3) is 4.07. The number of methoxy groups -OCH3 is 4. The van der Waals surface area contributed by atoms with Gasteiger partial charge in [-0.3, -0.25) is 19.0 Å². The van der Waals surface area contributed by atoms with Crippen LogP contribution in [0.2, 0.25) is 0 Å². The monoisotopic (exact) mass is 553 g/mol. The molecule has 0 bridgehead atoms. The van der Waals surface area contributed by atoms with E-state index in [1.54, 1.807) is 55.0 Å². The van der Waals surface area contributed by atoms with Crippen molar-refractivity contribution in [2.75, 3.05) is 33.8 Å². The van der Waals surface area contributed by atoms with Gasteiger partial charge < -0.3 is 29.0 Å². The van der Waals surface area contributed by atoms with Gasteiger partial charge in [0.25, 0.3) is 11.5 Å². The van der Waals surface area contributed by atoms with Gasteiger partial charge in [0, 0.05) is 34.1 Å². The zero-order chi connectivity index (χ0) is 28.8. The minimum atomic E-state index is -0.815. The topological polar surface area (TPSA) is 110 Å². The Balaban J connectivity index is 1.40. The third-order valence-electron chi connectivity index (χ3n) is 7.20. The molecule has 3 aromatic carbocycles. The number of hydrogen-bond acceptors (Lipinski definition) is 8. The molecule has 0 aliphatic carbocycles. The number of ether oxygens (including phenoxy) is 5. The summed E-state index contributed by atoms with van der Waals surface area (Å²) in [6.07, 6.45) is 0.897. The van der Waals surface area contributed by atoms with Gasteiger partial charge in [-0.1, -0.05) is 0 Å². The third-order valence-corrected chi connectivity index (χ3v) is 7.20. The Morgan fingerprint density at radius 1 is 0.829 bits per heavy atom. The summed E-state index contributed by atoms with van der Waals surface area (Å²) in [6.45, 7) is 1.67. The predicted molar refractivity (Wildman–Crippen MR) is 157 cm³/mol. The molecule has 6 aromatic rings. The van der Waals surface area contributed by atoms with Crippen molar-refractivity contribution in [1.29, 1.82) is 0 Å². The lowest BCUT2D eigenvalue weighted by Crippen LogP contribution is -2.30. The maximum Gasteiger partial charge on any atom is 0.267 e. The van der Waals surface area contributed by atoms with Crippen LogP contribution in [0, 0.1) is 0 Å². The van der Waals surface area contributed by atoms with E-state index < -0.39 is 6.10 Å². The van der Waals surface area contributed by atoms with Crippen molar-refractivity contribution in [2.45, 2.75) is 13.0 Å². The summed E-state index contributed by atoms with van der Waals surface area (Å²) in [7, 11) is 6.12. The Kier molecular flexibility index (Phi) is 6.37. The Labute approximate surface area is 234 Å². The maximum atomic E-state index is 13.9. The first-order valence-corrected chi connectivity index (χ1v) is 12.8. The summed E-state index contributed by atoms with van der Waals surface area (Å²) >= 11 is 0. The Morgan fingerprint density at radius 3 is 2.32 bits per heavy atom.